The van der Waals surface area contributed by atoms with Crippen molar-refractivity contribution in [2.75, 3.05) is 4.90 Å². The van der Waals surface area contributed by atoms with Crippen LogP contribution in [0.25, 0.3) is 0 Å². The fourth-order valence-corrected chi connectivity index (χ4v) is 2.50. The summed E-state index contributed by atoms with van der Waals surface area (Å²) in [4.78, 5) is 9.95. The molecule has 20 heavy (non-hydrogen) atoms. The summed E-state index contributed by atoms with van der Waals surface area (Å²) in [5, 5.41) is 9.34. The van der Waals surface area contributed by atoms with Crippen LogP contribution in [0.4, 0.5) is 5.82 Å². The second kappa shape index (κ2) is 4.56. The molecule has 0 amide bonds. The molecular weight excluding hydrogens is 252 g/mol. The van der Waals surface area contributed by atoms with Gasteiger partial charge in [0.2, 0.25) is 0 Å². The smallest absolute Gasteiger partial charge is 0.163 e. The van der Waals surface area contributed by atoms with E-state index in [0.717, 1.165) is 5.56 Å². The molecule has 2 heterocycles. The van der Waals surface area contributed by atoms with Crippen LogP contribution in [0.1, 0.15) is 17.0 Å². The van der Waals surface area contributed by atoms with E-state index in [1.807, 2.05) is 30.3 Å². The van der Waals surface area contributed by atoms with Gasteiger partial charge in [0.05, 0.1) is 6.07 Å². The van der Waals surface area contributed by atoms with Gasteiger partial charge in [-0.05, 0) is 5.56 Å². The molecular formula is C14H14N6. The Balaban J connectivity index is 2.04. The quantitative estimate of drug-likeness (QED) is 0.774. The highest BCUT2D eigenvalue weighted by Crippen LogP contribution is 2.41. The van der Waals surface area contributed by atoms with E-state index in [-0.39, 0.29) is 0 Å². The molecule has 1 atom stereocenters. The molecule has 1 aromatic carbocycles. The van der Waals surface area contributed by atoms with Crippen LogP contribution >= 0.6 is 0 Å². The highest BCUT2D eigenvalue weighted by atomic mass is 15.4. The third-order valence-corrected chi connectivity index (χ3v) is 3.53. The lowest BCUT2D eigenvalue weighted by Crippen LogP contribution is -2.63. The molecule has 1 aliphatic heterocycles. The minimum Gasteiger partial charge on any atom is -0.320 e. The monoisotopic (exact) mass is 266 g/mol. The van der Waals surface area contributed by atoms with Gasteiger partial charge >= 0.3 is 0 Å². The van der Waals surface area contributed by atoms with Crippen LogP contribution in [0.3, 0.4) is 0 Å². The van der Waals surface area contributed by atoms with Gasteiger partial charge in [0.15, 0.2) is 5.79 Å². The molecule has 0 spiro atoms. The van der Waals surface area contributed by atoms with Crippen molar-refractivity contribution < 1.29 is 0 Å². The Morgan fingerprint density at radius 1 is 1.30 bits per heavy atom. The van der Waals surface area contributed by atoms with E-state index in [2.05, 4.69) is 16.0 Å². The zero-order chi connectivity index (χ0) is 14.2. The molecule has 0 fully saturated rings. The second-order valence-corrected chi connectivity index (χ2v) is 4.82. The van der Waals surface area contributed by atoms with Crippen molar-refractivity contribution in [3.05, 3.63) is 54.0 Å². The first kappa shape index (κ1) is 12.5. The maximum atomic E-state index is 9.34. The van der Waals surface area contributed by atoms with Crippen LogP contribution < -0.4 is 16.4 Å². The zero-order valence-electron chi connectivity index (χ0n) is 10.8. The van der Waals surface area contributed by atoms with Gasteiger partial charge in [-0.15, -0.1) is 0 Å². The SMILES string of the molecule is N#CC1c2cncnc2N(Cc2ccccc2)C1(N)N. The number of aromatic nitrogens is 2. The number of benzene rings is 1. The van der Waals surface area contributed by atoms with Crippen LogP contribution in [0.5, 0.6) is 0 Å². The molecule has 0 saturated heterocycles. The Morgan fingerprint density at radius 3 is 2.75 bits per heavy atom. The van der Waals surface area contributed by atoms with Crippen LogP contribution in [0.15, 0.2) is 42.9 Å². The Bertz CT molecular complexity index is 661. The lowest BCUT2D eigenvalue weighted by Gasteiger charge is -2.34. The third-order valence-electron chi connectivity index (χ3n) is 3.53. The van der Waals surface area contributed by atoms with Crippen molar-refractivity contribution in [3.63, 3.8) is 0 Å². The van der Waals surface area contributed by atoms with E-state index >= 15 is 0 Å². The van der Waals surface area contributed by atoms with Crippen LogP contribution in [-0.4, -0.2) is 15.8 Å². The first-order valence-corrected chi connectivity index (χ1v) is 6.23. The summed E-state index contributed by atoms with van der Waals surface area (Å²) in [5.74, 6) is -1.31. The minimum atomic E-state index is -1.29. The van der Waals surface area contributed by atoms with Crippen molar-refractivity contribution in [1.29, 1.82) is 5.26 Å². The first-order chi connectivity index (χ1) is 9.64. The molecule has 0 aliphatic carbocycles. The van der Waals surface area contributed by atoms with Crippen molar-refractivity contribution in [3.8, 4) is 6.07 Å². The summed E-state index contributed by atoms with van der Waals surface area (Å²) in [5.41, 5.74) is 14.1. The predicted molar refractivity (Wildman–Crippen MR) is 74.1 cm³/mol. The number of hydrogen-bond acceptors (Lipinski definition) is 6. The lowest BCUT2D eigenvalue weighted by molar-refractivity contribution is 0.402. The third kappa shape index (κ3) is 1.81. The van der Waals surface area contributed by atoms with E-state index in [0.29, 0.717) is 17.9 Å². The van der Waals surface area contributed by atoms with Gasteiger partial charge in [0, 0.05) is 18.3 Å². The summed E-state index contributed by atoms with van der Waals surface area (Å²) >= 11 is 0. The van der Waals surface area contributed by atoms with Gasteiger partial charge in [-0.3, -0.25) is 11.5 Å². The van der Waals surface area contributed by atoms with Crippen molar-refractivity contribution in [2.45, 2.75) is 18.2 Å². The molecule has 2 aromatic rings. The van der Waals surface area contributed by atoms with E-state index in [4.69, 9.17) is 11.5 Å². The van der Waals surface area contributed by atoms with Gasteiger partial charge < -0.3 is 4.90 Å². The van der Waals surface area contributed by atoms with Gasteiger partial charge in [-0.2, -0.15) is 5.26 Å². The summed E-state index contributed by atoms with van der Waals surface area (Å²) in [6.07, 6.45) is 3.04. The standard InChI is InChI=1S/C14H14N6/c15-6-12-11-7-18-9-19-13(11)20(14(12,16)17)8-10-4-2-1-3-5-10/h1-5,7,9,12H,8,16-17H2. The molecule has 0 radical (unpaired) electrons. The molecule has 100 valence electrons. The maximum Gasteiger partial charge on any atom is 0.163 e. The summed E-state index contributed by atoms with van der Waals surface area (Å²) in [6.45, 7) is 0.496. The number of fused-ring (bicyclic) bond motifs is 1. The first-order valence-electron chi connectivity index (χ1n) is 6.23. The largest absolute Gasteiger partial charge is 0.320 e. The van der Waals surface area contributed by atoms with Crippen molar-refractivity contribution in [2.24, 2.45) is 11.5 Å². The average molecular weight is 266 g/mol. The Kier molecular flexibility index (Phi) is 2.86. The topological polar surface area (TPSA) is 105 Å². The zero-order valence-corrected chi connectivity index (χ0v) is 10.8. The summed E-state index contributed by atoms with van der Waals surface area (Å²) in [7, 11) is 0. The number of anilines is 1. The second-order valence-electron chi connectivity index (χ2n) is 4.82. The molecule has 0 bridgehead atoms. The number of nitrogens with zero attached hydrogens (tertiary/aromatic N) is 4. The Labute approximate surface area is 116 Å². The maximum absolute atomic E-state index is 9.34. The lowest BCUT2D eigenvalue weighted by atomic mass is 10.00. The molecule has 1 unspecified atom stereocenters. The molecule has 4 N–H and O–H groups in total. The van der Waals surface area contributed by atoms with Gasteiger partial charge in [0.1, 0.15) is 18.1 Å². The van der Waals surface area contributed by atoms with Crippen molar-refractivity contribution >= 4 is 5.82 Å². The fourth-order valence-electron chi connectivity index (χ4n) is 2.50. The Morgan fingerprint density at radius 2 is 2.05 bits per heavy atom. The van der Waals surface area contributed by atoms with Gasteiger partial charge in [0.25, 0.3) is 0 Å². The Hall–Kier alpha value is -2.49. The van der Waals surface area contributed by atoms with E-state index in [1.54, 1.807) is 11.1 Å². The molecule has 6 nitrogen and oxygen atoms in total. The molecule has 1 aliphatic rings. The predicted octanol–water partition coefficient (Wildman–Crippen LogP) is 0.675. The van der Waals surface area contributed by atoms with Gasteiger partial charge in [-0.25, -0.2) is 9.97 Å². The fraction of sp³-hybridized carbons (Fsp3) is 0.214. The number of nitriles is 1. The van der Waals surface area contributed by atoms with E-state index in [9.17, 15) is 5.26 Å². The van der Waals surface area contributed by atoms with Crippen molar-refractivity contribution in [1.82, 2.24) is 9.97 Å². The summed E-state index contributed by atoms with van der Waals surface area (Å²) < 4.78 is 0. The van der Waals surface area contributed by atoms with E-state index < -0.39 is 11.7 Å². The number of nitrogens with two attached hydrogens (primary N) is 2. The summed E-state index contributed by atoms with van der Waals surface area (Å²) in [6, 6.07) is 12.0. The number of rotatable bonds is 2. The number of hydrogen-bond donors (Lipinski definition) is 2. The molecule has 3 rings (SSSR count). The minimum absolute atomic E-state index is 0.496. The highest BCUT2D eigenvalue weighted by Gasteiger charge is 2.48. The van der Waals surface area contributed by atoms with Crippen LogP contribution in [-0.2, 0) is 6.54 Å². The van der Waals surface area contributed by atoms with Gasteiger partial charge in [-0.1, -0.05) is 30.3 Å². The molecule has 6 heteroatoms. The normalized spacial score (nSPS) is 19.4. The van der Waals surface area contributed by atoms with E-state index in [1.165, 1.54) is 6.33 Å². The van der Waals surface area contributed by atoms with Crippen LogP contribution in [0, 0.1) is 11.3 Å². The molecule has 1 aromatic heterocycles. The average Bonchev–Trinajstić information content (AvgIpc) is 2.67. The molecule has 0 saturated carbocycles. The highest BCUT2D eigenvalue weighted by molar-refractivity contribution is 5.60. The van der Waals surface area contributed by atoms with Crippen LogP contribution in [0.2, 0.25) is 0 Å².